The smallest absolute Gasteiger partial charge is 0.219 e. The Kier molecular flexibility index (Phi) is 3.82. The second-order valence-corrected chi connectivity index (χ2v) is 4.96. The van der Waals surface area contributed by atoms with Gasteiger partial charge in [-0.3, -0.25) is 9.69 Å². The van der Waals surface area contributed by atoms with Crippen LogP contribution in [0.4, 0.5) is 0 Å². The molecule has 2 rings (SSSR count). The van der Waals surface area contributed by atoms with Crippen molar-refractivity contribution in [1.82, 2.24) is 9.80 Å². The molecular weight excluding hydrogens is 204 g/mol. The molecule has 1 saturated heterocycles. The monoisotopic (exact) mass is 226 g/mol. The zero-order chi connectivity index (χ0) is 11.5. The zero-order valence-electron chi connectivity index (χ0n) is 10.1. The minimum atomic E-state index is -0.155. The molecule has 2 aliphatic rings. The van der Waals surface area contributed by atoms with Crippen molar-refractivity contribution in [2.75, 3.05) is 26.2 Å². The molecule has 0 radical (unpaired) electrons. The van der Waals surface area contributed by atoms with Crippen LogP contribution in [0.1, 0.15) is 32.6 Å². The maximum Gasteiger partial charge on any atom is 0.219 e. The third kappa shape index (κ3) is 2.55. The number of rotatable bonds is 1. The van der Waals surface area contributed by atoms with E-state index in [0.29, 0.717) is 6.04 Å². The van der Waals surface area contributed by atoms with Gasteiger partial charge in [0.2, 0.25) is 5.91 Å². The van der Waals surface area contributed by atoms with E-state index in [4.69, 9.17) is 0 Å². The summed E-state index contributed by atoms with van der Waals surface area (Å²) in [5, 5.41) is 9.97. The molecular formula is C12H22N2O2. The molecule has 2 fully saturated rings. The summed E-state index contributed by atoms with van der Waals surface area (Å²) in [6, 6.07) is 0.336. The van der Waals surface area contributed by atoms with Crippen LogP contribution in [-0.4, -0.2) is 59.1 Å². The van der Waals surface area contributed by atoms with E-state index < -0.39 is 0 Å². The minimum Gasteiger partial charge on any atom is -0.391 e. The first-order valence-corrected chi connectivity index (χ1v) is 6.36. The van der Waals surface area contributed by atoms with E-state index in [1.165, 1.54) is 6.42 Å². The van der Waals surface area contributed by atoms with Crippen LogP contribution in [-0.2, 0) is 4.79 Å². The molecule has 2 atom stereocenters. The SMILES string of the molecule is CC(=O)N1CCN([C@@H]2CCCC[C@@H]2O)CC1. The van der Waals surface area contributed by atoms with Gasteiger partial charge in [-0.1, -0.05) is 12.8 Å². The standard InChI is InChI=1S/C12H22N2O2/c1-10(15)13-6-8-14(9-7-13)11-4-2-3-5-12(11)16/h11-12,16H,2-9H2,1H3/t11-,12+/m1/s1. The maximum absolute atomic E-state index is 11.2. The summed E-state index contributed by atoms with van der Waals surface area (Å²) in [4.78, 5) is 15.5. The number of amides is 1. The number of carbonyl (C=O) groups excluding carboxylic acids is 1. The van der Waals surface area contributed by atoms with E-state index in [9.17, 15) is 9.90 Å². The molecule has 1 amide bonds. The molecule has 0 bridgehead atoms. The fourth-order valence-corrected chi connectivity index (χ4v) is 2.89. The molecule has 1 aliphatic heterocycles. The fraction of sp³-hybridized carbons (Fsp3) is 0.917. The molecule has 1 saturated carbocycles. The summed E-state index contributed by atoms with van der Waals surface area (Å²) in [5.74, 6) is 0.170. The van der Waals surface area contributed by atoms with Crippen molar-refractivity contribution in [3.63, 3.8) is 0 Å². The fourth-order valence-electron chi connectivity index (χ4n) is 2.89. The number of hydrogen-bond donors (Lipinski definition) is 1. The summed E-state index contributed by atoms with van der Waals surface area (Å²) in [5.41, 5.74) is 0. The van der Waals surface area contributed by atoms with E-state index in [2.05, 4.69) is 4.90 Å². The lowest BCUT2D eigenvalue weighted by molar-refractivity contribution is -0.131. The average Bonchev–Trinajstić information content (AvgIpc) is 2.30. The van der Waals surface area contributed by atoms with E-state index in [1.54, 1.807) is 6.92 Å². The lowest BCUT2D eigenvalue weighted by Crippen LogP contribution is -2.55. The van der Waals surface area contributed by atoms with E-state index >= 15 is 0 Å². The van der Waals surface area contributed by atoms with Crippen molar-refractivity contribution in [3.8, 4) is 0 Å². The van der Waals surface area contributed by atoms with Crippen LogP contribution in [0.2, 0.25) is 0 Å². The molecule has 1 heterocycles. The van der Waals surface area contributed by atoms with Crippen molar-refractivity contribution in [2.45, 2.75) is 44.8 Å². The lowest BCUT2D eigenvalue weighted by atomic mass is 9.91. The second-order valence-electron chi connectivity index (χ2n) is 4.96. The van der Waals surface area contributed by atoms with Crippen molar-refractivity contribution in [2.24, 2.45) is 0 Å². The van der Waals surface area contributed by atoms with Crippen molar-refractivity contribution in [1.29, 1.82) is 0 Å². The number of aliphatic hydroxyl groups is 1. The predicted octanol–water partition coefficient (Wildman–Crippen LogP) is 0.454. The zero-order valence-corrected chi connectivity index (χ0v) is 10.1. The molecule has 0 unspecified atom stereocenters. The minimum absolute atomic E-state index is 0.155. The Balaban J connectivity index is 1.85. The highest BCUT2D eigenvalue weighted by molar-refractivity contribution is 5.73. The van der Waals surface area contributed by atoms with Crippen LogP contribution in [0.15, 0.2) is 0 Å². The number of carbonyl (C=O) groups is 1. The largest absolute Gasteiger partial charge is 0.391 e. The van der Waals surface area contributed by atoms with Crippen LogP contribution in [0, 0.1) is 0 Å². The first-order chi connectivity index (χ1) is 7.68. The Labute approximate surface area is 97.2 Å². The van der Waals surface area contributed by atoms with Crippen LogP contribution in [0.5, 0.6) is 0 Å². The Bertz CT molecular complexity index is 249. The quantitative estimate of drug-likeness (QED) is 0.706. The van der Waals surface area contributed by atoms with Gasteiger partial charge in [0.05, 0.1) is 6.10 Å². The molecule has 16 heavy (non-hydrogen) atoms. The highest BCUT2D eigenvalue weighted by Gasteiger charge is 2.31. The summed E-state index contributed by atoms with van der Waals surface area (Å²) in [7, 11) is 0. The van der Waals surface area contributed by atoms with E-state index in [0.717, 1.165) is 45.4 Å². The topological polar surface area (TPSA) is 43.8 Å². The summed E-state index contributed by atoms with van der Waals surface area (Å²) >= 11 is 0. The van der Waals surface area contributed by atoms with Gasteiger partial charge >= 0.3 is 0 Å². The molecule has 92 valence electrons. The van der Waals surface area contributed by atoms with Gasteiger partial charge in [0.25, 0.3) is 0 Å². The third-order valence-corrected chi connectivity index (χ3v) is 3.92. The van der Waals surface area contributed by atoms with Crippen LogP contribution < -0.4 is 0 Å². The summed E-state index contributed by atoms with van der Waals surface area (Å²) in [6.45, 7) is 5.10. The second kappa shape index (κ2) is 5.15. The van der Waals surface area contributed by atoms with Crippen molar-refractivity contribution in [3.05, 3.63) is 0 Å². The summed E-state index contributed by atoms with van der Waals surface area (Å²) < 4.78 is 0. The number of nitrogens with zero attached hydrogens (tertiary/aromatic N) is 2. The Morgan fingerprint density at radius 1 is 1.12 bits per heavy atom. The molecule has 0 aromatic heterocycles. The molecule has 4 nitrogen and oxygen atoms in total. The average molecular weight is 226 g/mol. The van der Waals surface area contributed by atoms with Crippen molar-refractivity contribution < 1.29 is 9.90 Å². The highest BCUT2D eigenvalue weighted by atomic mass is 16.3. The summed E-state index contributed by atoms with van der Waals surface area (Å²) in [6.07, 6.45) is 4.29. The van der Waals surface area contributed by atoms with Crippen LogP contribution in [0.3, 0.4) is 0 Å². The van der Waals surface area contributed by atoms with Gasteiger partial charge in [0, 0.05) is 39.1 Å². The van der Waals surface area contributed by atoms with Gasteiger partial charge < -0.3 is 10.0 Å². The highest BCUT2D eigenvalue weighted by Crippen LogP contribution is 2.24. The molecule has 1 aliphatic carbocycles. The van der Waals surface area contributed by atoms with Gasteiger partial charge in [-0.05, 0) is 12.8 Å². The Morgan fingerprint density at radius 2 is 1.75 bits per heavy atom. The lowest BCUT2D eigenvalue weighted by Gasteiger charge is -2.42. The van der Waals surface area contributed by atoms with E-state index in [1.807, 2.05) is 4.90 Å². The molecule has 0 aromatic rings. The van der Waals surface area contributed by atoms with E-state index in [-0.39, 0.29) is 12.0 Å². The van der Waals surface area contributed by atoms with Crippen LogP contribution in [0.25, 0.3) is 0 Å². The predicted molar refractivity (Wildman–Crippen MR) is 62.1 cm³/mol. The first kappa shape index (κ1) is 11.9. The van der Waals surface area contributed by atoms with Gasteiger partial charge in [-0.15, -0.1) is 0 Å². The third-order valence-electron chi connectivity index (χ3n) is 3.92. The number of piperazine rings is 1. The van der Waals surface area contributed by atoms with Gasteiger partial charge in [-0.2, -0.15) is 0 Å². The van der Waals surface area contributed by atoms with Gasteiger partial charge in [0.15, 0.2) is 0 Å². The van der Waals surface area contributed by atoms with Gasteiger partial charge in [-0.25, -0.2) is 0 Å². The van der Waals surface area contributed by atoms with Gasteiger partial charge in [0.1, 0.15) is 0 Å². The molecule has 4 heteroatoms. The molecule has 0 spiro atoms. The van der Waals surface area contributed by atoms with Crippen LogP contribution >= 0.6 is 0 Å². The number of aliphatic hydroxyl groups excluding tert-OH is 1. The maximum atomic E-state index is 11.2. The number of hydrogen-bond acceptors (Lipinski definition) is 3. The molecule has 1 N–H and O–H groups in total. The first-order valence-electron chi connectivity index (χ1n) is 6.36. The van der Waals surface area contributed by atoms with Crippen molar-refractivity contribution >= 4 is 5.91 Å². The normalized spacial score (nSPS) is 32.8. The Hall–Kier alpha value is -0.610. The molecule has 0 aromatic carbocycles. The Morgan fingerprint density at radius 3 is 2.31 bits per heavy atom.